The number of rotatable bonds is 6. The van der Waals surface area contributed by atoms with E-state index in [4.69, 9.17) is 16.3 Å². The topological polar surface area (TPSA) is 55.4 Å². The number of carbonyl (C=O) groups excluding carboxylic acids is 2. The molecular formula is C17H18ClNO3S. The van der Waals surface area contributed by atoms with Crippen molar-refractivity contribution in [3.63, 3.8) is 0 Å². The third-order valence-electron chi connectivity index (χ3n) is 3.33. The van der Waals surface area contributed by atoms with E-state index in [2.05, 4.69) is 5.32 Å². The van der Waals surface area contributed by atoms with Crippen molar-refractivity contribution in [3.8, 4) is 11.1 Å². The molecule has 0 unspecified atom stereocenters. The molecule has 0 aliphatic rings. The maximum absolute atomic E-state index is 12.2. The molecule has 1 heterocycles. The predicted molar refractivity (Wildman–Crippen MR) is 94.4 cm³/mol. The van der Waals surface area contributed by atoms with Crippen molar-refractivity contribution in [2.45, 2.75) is 19.8 Å². The second-order valence-corrected chi connectivity index (χ2v) is 6.31. The normalized spacial score (nSPS) is 10.4. The minimum atomic E-state index is -0.463. The molecule has 0 saturated heterocycles. The molecule has 0 atom stereocenters. The van der Waals surface area contributed by atoms with Gasteiger partial charge < -0.3 is 10.1 Å². The Morgan fingerprint density at radius 2 is 1.96 bits per heavy atom. The molecule has 0 fully saturated rings. The van der Waals surface area contributed by atoms with Crippen LogP contribution in [0.1, 0.15) is 28.8 Å². The Labute approximate surface area is 144 Å². The summed E-state index contributed by atoms with van der Waals surface area (Å²) in [5.74, 6) is -0.196. The lowest BCUT2D eigenvalue weighted by molar-refractivity contribution is -0.116. The molecule has 4 nitrogen and oxygen atoms in total. The Balaban J connectivity index is 2.35. The number of esters is 1. The monoisotopic (exact) mass is 351 g/mol. The van der Waals surface area contributed by atoms with Crippen molar-refractivity contribution >= 4 is 39.8 Å². The highest BCUT2D eigenvalue weighted by molar-refractivity contribution is 7.15. The van der Waals surface area contributed by atoms with Gasteiger partial charge in [-0.2, -0.15) is 0 Å². The molecule has 122 valence electrons. The van der Waals surface area contributed by atoms with E-state index < -0.39 is 5.97 Å². The lowest BCUT2D eigenvalue weighted by Gasteiger charge is -2.08. The van der Waals surface area contributed by atoms with Crippen molar-refractivity contribution in [3.05, 3.63) is 40.8 Å². The number of ether oxygens (including phenoxy) is 1. The zero-order chi connectivity index (χ0) is 16.8. The summed E-state index contributed by atoms with van der Waals surface area (Å²) in [5, 5.41) is 5.14. The second kappa shape index (κ2) is 8.13. The minimum Gasteiger partial charge on any atom is -0.465 e. The molecule has 6 heteroatoms. The number of methoxy groups -OCH3 is 1. The average molecular weight is 352 g/mol. The fraction of sp³-hybridized carbons (Fsp3) is 0.294. The molecule has 1 amide bonds. The number of nitrogens with one attached hydrogen (secondary N) is 1. The van der Waals surface area contributed by atoms with Crippen molar-refractivity contribution in [2.24, 2.45) is 0 Å². The molecule has 1 aromatic carbocycles. The van der Waals surface area contributed by atoms with Crippen LogP contribution in [0.15, 0.2) is 29.6 Å². The van der Waals surface area contributed by atoms with E-state index in [0.29, 0.717) is 29.3 Å². The van der Waals surface area contributed by atoms with Gasteiger partial charge in [0.15, 0.2) is 0 Å². The van der Waals surface area contributed by atoms with Gasteiger partial charge in [-0.25, -0.2) is 4.79 Å². The summed E-state index contributed by atoms with van der Waals surface area (Å²) >= 11 is 6.91. The van der Waals surface area contributed by atoms with Gasteiger partial charge in [0.25, 0.3) is 0 Å². The van der Waals surface area contributed by atoms with Gasteiger partial charge in [-0.15, -0.1) is 22.9 Å². The highest BCUT2D eigenvalue weighted by Crippen LogP contribution is 2.36. The lowest BCUT2D eigenvalue weighted by Crippen LogP contribution is -2.13. The summed E-state index contributed by atoms with van der Waals surface area (Å²) in [7, 11) is 1.33. The Morgan fingerprint density at radius 3 is 2.57 bits per heavy atom. The summed E-state index contributed by atoms with van der Waals surface area (Å²) in [4.78, 5) is 24.1. The van der Waals surface area contributed by atoms with Gasteiger partial charge in [-0.1, -0.05) is 29.8 Å². The summed E-state index contributed by atoms with van der Waals surface area (Å²) in [6.07, 6.45) is 0.916. The van der Waals surface area contributed by atoms with E-state index in [1.807, 2.05) is 36.6 Å². The molecule has 0 radical (unpaired) electrons. The molecule has 2 rings (SSSR count). The van der Waals surface area contributed by atoms with Crippen LogP contribution in [0, 0.1) is 6.92 Å². The van der Waals surface area contributed by atoms with Crippen LogP contribution in [-0.2, 0) is 9.53 Å². The molecule has 0 saturated carbocycles. The number of benzene rings is 1. The summed E-state index contributed by atoms with van der Waals surface area (Å²) < 4.78 is 4.88. The molecule has 2 aromatic rings. The predicted octanol–water partition coefficient (Wildman–Crippen LogP) is 4.47. The fourth-order valence-corrected chi connectivity index (χ4v) is 3.22. The van der Waals surface area contributed by atoms with Crippen molar-refractivity contribution in [2.75, 3.05) is 18.3 Å². The minimum absolute atomic E-state index is 0.159. The maximum Gasteiger partial charge on any atom is 0.341 e. The van der Waals surface area contributed by atoms with Gasteiger partial charge in [0, 0.05) is 23.2 Å². The molecule has 1 N–H and O–H groups in total. The number of hydrogen-bond donors (Lipinski definition) is 1. The highest BCUT2D eigenvalue weighted by Gasteiger charge is 2.22. The van der Waals surface area contributed by atoms with Crippen LogP contribution in [0.2, 0.25) is 0 Å². The zero-order valence-electron chi connectivity index (χ0n) is 13.0. The number of anilines is 1. The number of hydrogen-bond acceptors (Lipinski definition) is 4. The van der Waals surface area contributed by atoms with Gasteiger partial charge in [-0.3, -0.25) is 4.79 Å². The molecular weight excluding hydrogens is 334 g/mol. The van der Waals surface area contributed by atoms with Gasteiger partial charge in [0.2, 0.25) is 5.91 Å². The van der Waals surface area contributed by atoms with Gasteiger partial charge in [0.05, 0.1) is 7.11 Å². The number of halogens is 1. The molecule has 0 bridgehead atoms. The third kappa shape index (κ3) is 4.33. The molecule has 0 spiro atoms. The molecule has 0 aliphatic heterocycles. The fourth-order valence-electron chi connectivity index (χ4n) is 2.12. The third-order valence-corrected chi connectivity index (χ3v) is 4.50. The summed E-state index contributed by atoms with van der Waals surface area (Å²) in [6.45, 7) is 2.00. The Bertz CT molecular complexity index is 694. The van der Waals surface area contributed by atoms with Crippen molar-refractivity contribution in [1.82, 2.24) is 0 Å². The smallest absolute Gasteiger partial charge is 0.341 e. The quantitative estimate of drug-likeness (QED) is 0.617. The van der Waals surface area contributed by atoms with E-state index >= 15 is 0 Å². The lowest BCUT2D eigenvalue weighted by atomic mass is 10.0. The van der Waals surface area contributed by atoms with Crippen molar-refractivity contribution in [1.29, 1.82) is 0 Å². The van der Waals surface area contributed by atoms with Gasteiger partial charge in [-0.05, 0) is 18.9 Å². The van der Waals surface area contributed by atoms with Crippen LogP contribution < -0.4 is 5.32 Å². The largest absolute Gasteiger partial charge is 0.465 e. The first-order chi connectivity index (χ1) is 11.1. The second-order valence-electron chi connectivity index (χ2n) is 5.05. The first-order valence-electron chi connectivity index (χ1n) is 7.19. The first kappa shape index (κ1) is 17.5. The van der Waals surface area contributed by atoms with Crippen LogP contribution in [0.5, 0.6) is 0 Å². The van der Waals surface area contributed by atoms with Crippen LogP contribution in [-0.4, -0.2) is 24.9 Å². The average Bonchev–Trinajstić information content (AvgIpc) is 2.96. The number of amides is 1. The summed E-state index contributed by atoms with van der Waals surface area (Å²) in [5.41, 5.74) is 3.20. The van der Waals surface area contributed by atoms with E-state index in [-0.39, 0.29) is 5.91 Å². The number of aryl methyl sites for hydroxylation is 1. The first-order valence-corrected chi connectivity index (χ1v) is 8.61. The van der Waals surface area contributed by atoms with Gasteiger partial charge in [0.1, 0.15) is 10.6 Å². The van der Waals surface area contributed by atoms with Crippen LogP contribution in [0.4, 0.5) is 5.00 Å². The Hall–Kier alpha value is -1.85. The summed E-state index contributed by atoms with van der Waals surface area (Å²) in [6, 6.07) is 7.85. The number of thiophene rings is 1. The number of carbonyl (C=O) groups is 2. The molecule has 0 aliphatic carbocycles. The Kier molecular flexibility index (Phi) is 6.19. The maximum atomic E-state index is 12.2. The number of alkyl halides is 1. The molecule has 1 aromatic heterocycles. The Morgan fingerprint density at radius 1 is 1.26 bits per heavy atom. The van der Waals surface area contributed by atoms with E-state index in [1.165, 1.54) is 18.4 Å². The van der Waals surface area contributed by atoms with Crippen molar-refractivity contribution < 1.29 is 14.3 Å². The van der Waals surface area contributed by atoms with Gasteiger partial charge >= 0.3 is 5.97 Å². The van der Waals surface area contributed by atoms with E-state index in [9.17, 15) is 9.59 Å². The van der Waals surface area contributed by atoms with Crippen LogP contribution >= 0.6 is 22.9 Å². The van der Waals surface area contributed by atoms with E-state index in [1.54, 1.807) is 0 Å². The SMILES string of the molecule is COC(=O)c1c(-c2ccc(C)cc2)csc1NC(=O)CCCCl. The zero-order valence-corrected chi connectivity index (χ0v) is 14.6. The standard InChI is InChI=1S/C17H18ClNO3S/c1-11-5-7-12(8-6-11)13-10-23-16(15(13)17(21)22-2)19-14(20)4-3-9-18/h5-8,10H,3-4,9H2,1-2H3,(H,19,20). The van der Waals surface area contributed by atoms with Crippen LogP contribution in [0.25, 0.3) is 11.1 Å². The van der Waals surface area contributed by atoms with Crippen LogP contribution in [0.3, 0.4) is 0 Å². The highest BCUT2D eigenvalue weighted by atomic mass is 35.5. The molecule has 23 heavy (non-hydrogen) atoms. The van der Waals surface area contributed by atoms with E-state index in [0.717, 1.165) is 16.7 Å².